The topological polar surface area (TPSA) is 95.2 Å². The molecule has 0 aromatic heterocycles. The number of nitriles is 4. The van der Waals surface area contributed by atoms with E-state index >= 15 is 0 Å². The van der Waals surface area contributed by atoms with Crippen LogP contribution in [-0.2, 0) is 25.7 Å². The van der Waals surface area contributed by atoms with Crippen molar-refractivity contribution < 1.29 is 0 Å². The van der Waals surface area contributed by atoms with Gasteiger partial charge in [-0.05, 0) is 71.6 Å². The average molecular weight is 308 g/mol. The zero-order valence-corrected chi connectivity index (χ0v) is 13.0. The van der Waals surface area contributed by atoms with Gasteiger partial charge in [0.25, 0.3) is 0 Å². The zero-order chi connectivity index (χ0) is 16.8. The van der Waals surface area contributed by atoms with Crippen molar-refractivity contribution in [2.45, 2.75) is 38.5 Å². The molecule has 0 saturated heterocycles. The van der Waals surface area contributed by atoms with E-state index in [4.69, 9.17) is 0 Å². The predicted molar refractivity (Wildman–Crippen MR) is 86.9 cm³/mol. The van der Waals surface area contributed by atoms with E-state index in [1.165, 1.54) is 0 Å². The first kappa shape index (κ1) is 14.3. The largest absolute Gasteiger partial charge is 0.192 e. The number of nitrogens with zero attached hydrogens (tertiary/aromatic N) is 4. The van der Waals surface area contributed by atoms with Gasteiger partial charge in [-0.2, -0.15) is 21.0 Å². The molecule has 0 atom stereocenters. The van der Waals surface area contributed by atoms with E-state index in [1.54, 1.807) is 0 Å². The highest BCUT2D eigenvalue weighted by molar-refractivity contribution is 6.01. The van der Waals surface area contributed by atoms with Gasteiger partial charge in [0.1, 0.15) is 24.3 Å². The van der Waals surface area contributed by atoms with Gasteiger partial charge in [0.05, 0.1) is 22.3 Å². The maximum absolute atomic E-state index is 9.65. The SMILES string of the molecule is N#Cc1c(C#N)c2c3c(c(C#N)c(C#N)c4c3c1CCC4)CCC2. The van der Waals surface area contributed by atoms with Crippen LogP contribution in [0.25, 0.3) is 10.8 Å². The summed E-state index contributed by atoms with van der Waals surface area (Å²) in [7, 11) is 0. The van der Waals surface area contributed by atoms with Crippen LogP contribution in [0.2, 0.25) is 0 Å². The van der Waals surface area contributed by atoms with Gasteiger partial charge < -0.3 is 0 Å². The molecule has 0 bridgehead atoms. The van der Waals surface area contributed by atoms with Crippen LogP contribution in [0.5, 0.6) is 0 Å². The lowest BCUT2D eigenvalue weighted by Gasteiger charge is -2.28. The van der Waals surface area contributed by atoms with Gasteiger partial charge in [-0.25, -0.2) is 0 Å². The van der Waals surface area contributed by atoms with Crippen molar-refractivity contribution >= 4 is 10.8 Å². The molecule has 112 valence electrons. The van der Waals surface area contributed by atoms with Crippen LogP contribution in [0.1, 0.15) is 57.3 Å². The van der Waals surface area contributed by atoms with Crippen LogP contribution in [0.15, 0.2) is 0 Å². The Morgan fingerprint density at radius 3 is 0.917 bits per heavy atom. The molecule has 4 heteroatoms. The summed E-state index contributed by atoms with van der Waals surface area (Å²) in [6.07, 6.45) is 4.66. The monoisotopic (exact) mass is 308 g/mol. The summed E-state index contributed by atoms with van der Waals surface area (Å²) in [4.78, 5) is 0. The second-order valence-corrected chi connectivity index (χ2v) is 6.32. The minimum Gasteiger partial charge on any atom is -0.192 e. The standard InChI is InChI=1S/C20H12N4/c21-7-15-11-3-1-4-12-16(8-22)18(10-24)14-6-2-5-13(17(15)9-23)20(14)19(11)12/h1-6H2. The van der Waals surface area contributed by atoms with E-state index in [1.807, 2.05) is 0 Å². The molecule has 0 unspecified atom stereocenters. The van der Waals surface area contributed by atoms with Gasteiger partial charge in [0, 0.05) is 0 Å². The Balaban J connectivity index is 2.38. The fourth-order valence-corrected chi connectivity index (χ4v) is 4.45. The van der Waals surface area contributed by atoms with Crippen molar-refractivity contribution in [1.82, 2.24) is 0 Å². The summed E-state index contributed by atoms with van der Waals surface area (Å²) in [5.74, 6) is 0. The normalized spacial score (nSPS) is 14.3. The maximum atomic E-state index is 9.65. The van der Waals surface area contributed by atoms with Crippen molar-refractivity contribution in [2.75, 3.05) is 0 Å². The Morgan fingerprint density at radius 1 is 0.458 bits per heavy atom. The van der Waals surface area contributed by atoms with Crippen LogP contribution in [0.3, 0.4) is 0 Å². The van der Waals surface area contributed by atoms with Crippen LogP contribution in [0, 0.1) is 45.3 Å². The van der Waals surface area contributed by atoms with Gasteiger partial charge in [-0.15, -0.1) is 0 Å². The second-order valence-electron chi connectivity index (χ2n) is 6.32. The molecule has 24 heavy (non-hydrogen) atoms. The molecule has 4 nitrogen and oxygen atoms in total. The Hall–Kier alpha value is -3.34. The number of benzene rings is 2. The molecular formula is C20H12N4. The molecule has 2 aliphatic carbocycles. The second kappa shape index (κ2) is 5.09. The van der Waals surface area contributed by atoms with Crippen LogP contribution in [-0.4, -0.2) is 0 Å². The number of hydrogen-bond donors (Lipinski definition) is 0. The van der Waals surface area contributed by atoms with E-state index in [-0.39, 0.29) is 0 Å². The van der Waals surface area contributed by atoms with Gasteiger partial charge in [-0.1, -0.05) is 0 Å². The molecule has 0 N–H and O–H groups in total. The molecule has 2 aromatic rings. The molecule has 0 radical (unpaired) electrons. The number of aryl methyl sites for hydroxylation is 4. The van der Waals surface area contributed by atoms with Gasteiger partial charge >= 0.3 is 0 Å². The van der Waals surface area contributed by atoms with Gasteiger partial charge in [0.2, 0.25) is 0 Å². The first-order valence-corrected chi connectivity index (χ1v) is 8.06. The fraction of sp³-hybridized carbons (Fsp3) is 0.300. The van der Waals surface area contributed by atoms with Crippen molar-refractivity contribution in [1.29, 1.82) is 21.0 Å². The lowest BCUT2D eigenvalue weighted by atomic mass is 9.73. The van der Waals surface area contributed by atoms with Crippen LogP contribution < -0.4 is 0 Å². The Labute approximate surface area is 139 Å². The minimum absolute atomic E-state index is 0.474. The average Bonchev–Trinajstić information content (AvgIpc) is 2.64. The maximum Gasteiger partial charge on any atom is 0.101 e. The first-order valence-electron chi connectivity index (χ1n) is 8.06. The molecule has 0 heterocycles. The molecule has 4 rings (SSSR count). The third-order valence-corrected chi connectivity index (χ3v) is 5.32. The van der Waals surface area contributed by atoms with Gasteiger partial charge in [0.15, 0.2) is 0 Å². The first-order chi connectivity index (χ1) is 11.8. The van der Waals surface area contributed by atoms with Crippen LogP contribution in [0.4, 0.5) is 0 Å². The van der Waals surface area contributed by atoms with E-state index < -0.39 is 0 Å². The van der Waals surface area contributed by atoms with Crippen molar-refractivity contribution in [3.63, 3.8) is 0 Å². The molecule has 0 fully saturated rings. The van der Waals surface area contributed by atoms with Crippen molar-refractivity contribution in [2.24, 2.45) is 0 Å². The molecule has 0 amide bonds. The van der Waals surface area contributed by atoms with E-state index in [0.29, 0.717) is 22.3 Å². The third kappa shape index (κ3) is 1.58. The van der Waals surface area contributed by atoms with E-state index in [0.717, 1.165) is 71.6 Å². The third-order valence-electron chi connectivity index (χ3n) is 5.32. The van der Waals surface area contributed by atoms with E-state index in [9.17, 15) is 21.0 Å². The van der Waals surface area contributed by atoms with Gasteiger partial charge in [-0.3, -0.25) is 0 Å². The highest BCUT2D eigenvalue weighted by atomic mass is 14.4. The molecule has 0 aliphatic heterocycles. The van der Waals surface area contributed by atoms with Crippen molar-refractivity contribution in [3.05, 3.63) is 44.5 Å². The summed E-state index contributed by atoms with van der Waals surface area (Å²) < 4.78 is 0. The highest BCUT2D eigenvalue weighted by Gasteiger charge is 2.31. The zero-order valence-electron chi connectivity index (χ0n) is 13.0. The summed E-state index contributed by atoms with van der Waals surface area (Å²) in [5.41, 5.74) is 5.50. The summed E-state index contributed by atoms with van der Waals surface area (Å²) in [5, 5.41) is 40.6. The smallest absolute Gasteiger partial charge is 0.101 e. The van der Waals surface area contributed by atoms with Crippen molar-refractivity contribution in [3.8, 4) is 24.3 Å². The highest BCUT2D eigenvalue weighted by Crippen LogP contribution is 2.44. The molecule has 2 aromatic carbocycles. The predicted octanol–water partition coefficient (Wildman–Crippen LogP) is 3.30. The van der Waals surface area contributed by atoms with Crippen LogP contribution >= 0.6 is 0 Å². The summed E-state index contributed by atoms with van der Waals surface area (Å²) in [6, 6.07) is 8.93. The lowest BCUT2D eigenvalue weighted by Crippen LogP contribution is -2.16. The summed E-state index contributed by atoms with van der Waals surface area (Å²) >= 11 is 0. The Kier molecular flexibility index (Phi) is 3.03. The number of hydrogen-bond acceptors (Lipinski definition) is 4. The number of rotatable bonds is 0. The Morgan fingerprint density at radius 2 is 0.708 bits per heavy atom. The quantitative estimate of drug-likeness (QED) is 0.746. The summed E-state index contributed by atoms with van der Waals surface area (Å²) in [6.45, 7) is 0. The molecule has 2 aliphatic rings. The minimum atomic E-state index is 0.474. The molecule has 0 spiro atoms. The Bertz CT molecular complexity index is 924. The fourth-order valence-electron chi connectivity index (χ4n) is 4.45. The van der Waals surface area contributed by atoms with E-state index in [2.05, 4.69) is 24.3 Å². The molecular weight excluding hydrogens is 296 g/mol. The lowest BCUT2D eigenvalue weighted by molar-refractivity contribution is 0.779. The molecule has 0 saturated carbocycles.